The molecule has 6 heteroatoms. The fourth-order valence-electron chi connectivity index (χ4n) is 3.19. The Morgan fingerprint density at radius 2 is 1.46 bits per heavy atom. The van der Waals surface area contributed by atoms with Gasteiger partial charge in [0, 0.05) is 43.9 Å². The van der Waals surface area contributed by atoms with Crippen LogP contribution in [0.1, 0.15) is 37.0 Å². The highest BCUT2D eigenvalue weighted by atomic mass is 16.2. The van der Waals surface area contributed by atoms with Crippen LogP contribution in [-0.4, -0.2) is 24.3 Å². The van der Waals surface area contributed by atoms with Gasteiger partial charge in [-0.25, -0.2) is 0 Å². The first-order valence-corrected chi connectivity index (χ1v) is 9.21. The maximum Gasteiger partial charge on any atom is 0.226 e. The third kappa shape index (κ3) is 5.67. The van der Waals surface area contributed by atoms with Gasteiger partial charge < -0.3 is 15.5 Å². The molecular formula is C22H27N3O3. The van der Waals surface area contributed by atoms with Gasteiger partial charge in [0.1, 0.15) is 0 Å². The van der Waals surface area contributed by atoms with Crippen LogP contribution in [0.25, 0.3) is 0 Å². The minimum atomic E-state index is -0.158. The van der Waals surface area contributed by atoms with Crippen LogP contribution < -0.4 is 15.5 Å². The van der Waals surface area contributed by atoms with E-state index in [-0.39, 0.29) is 30.7 Å². The highest BCUT2D eigenvalue weighted by molar-refractivity contribution is 5.96. The normalized spacial score (nSPS) is 10.3. The molecule has 28 heavy (non-hydrogen) atoms. The van der Waals surface area contributed by atoms with Crippen LogP contribution in [0.3, 0.4) is 0 Å². The molecule has 0 saturated heterocycles. The summed E-state index contributed by atoms with van der Waals surface area (Å²) in [6, 6.07) is 11.0. The largest absolute Gasteiger partial charge is 0.326 e. The lowest BCUT2D eigenvalue weighted by atomic mass is 10.0. The highest BCUT2D eigenvalue weighted by Gasteiger charge is 2.15. The van der Waals surface area contributed by atoms with E-state index in [0.717, 1.165) is 22.4 Å². The van der Waals surface area contributed by atoms with Gasteiger partial charge >= 0.3 is 0 Å². The number of carbonyl (C=O) groups is 3. The third-order valence-electron chi connectivity index (χ3n) is 4.38. The van der Waals surface area contributed by atoms with E-state index in [4.69, 9.17) is 0 Å². The van der Waals surface area contributed by atoms with E-state index in [9.17, 15) is 14.4 Å². The summed E-state index contributed by atoms with van der Waals surface area (Å²) >= 11 is 0. The van der Waals surface area contributed by atoms with E-state index in [1.54, 1.807) is 29.2 Å². The molecule has 3 amide bonds. The van der Waals surface area contributed by atoms with Crippen LogP contribution in [0.15, 0.2) is 36.4 Å². The Morgan fingerprint density at radius 1 is 0.893 bits per heavy atom. The molecule has 0 aliphatic rings. The fraction of sp³-hybridized carbons (Fsp3) is 0.318. The third-order valence-corrected chi connectivity index (χ3v) is 4.38. The molecule has 6 nitrogen and oxygen atoms in total. The predicted octanol–water partition coefficient (Wildman–Crippen LogP) is 3.95. The summed E-state index contributed by atoms with van der Waals surface area (Å²) in [5.74, 6) is -0.450. The summed E-state index contributed by atoms with van der Waals surface area (Å²) < 4.78 is 0. The van der Waals surface area contributed by atoms with Crippen molar-refractivity contribution in [3.8, 4) is 0 Å². The van der Waals surface area contributed by atoms with E-state index in [1.165, 1.54) is 13.8 Å². The molecule has 2 aromatic carbocycles. The molecule has 0 fully saturated rings. The van der Waals surface area contributed by atoms with Crippen molar-refractivity contribution in [1.82, 2.24) is 0 Å². The molecule has 0 unspecified atom stereocenters. The van der Waals surface area contributed by atoms with Crippen molar-refractivity contribution in [2.75, 3.05) is 22.1 Å². The van der Waals surface area contributed by atoms with Crippen LogP contribution in [0.5, 0.6) is 0 Å². The zero-order valence-corrected chi connectivity index (χ0v) is 17.1. The van der Waals surface area contributed by atoms with Crippen LogP contribution >= 0.6 is 0 Å². The highest BCUT2D eigenvalue weighted by Crippen LogP contribution is 2.23. The Hall–Kier alpha value is -3.15. The van der Waals surface area contributed by atoms with Gasteiger partial charge in [0.15, 0.2) is 0 Å². The van der Waals surface area contributed by atoms with Gasteiger partial charge in [-0.05, 0) is 56.2 Å². The number of rotatable bonds is 6. The summed E-state index contributed by atoms with van der Waals surface area (Å²) in [6.45, 7) is 9.13. The summed E-state index contributed by atoms with van der Waals surface area (Å²) in [7, 11) is 0. The van der Waals surface area contributed by atoms with Gasteiger partial charge in [0.2, 0.25) is 17.7 Å². The second-order valence-electron chi connectivity index (χ2n) is 6.97. The lowest BCUT2D eigenvalue weighted by molar-refractivity contribution is -0.117. The number of benzene rings is 2. The molecule has 2 rings (SSSR count). The van der Waals surface area contributed by atoms with Gasteiger partial charge in [-0.2, -0.15) is 0 Å². The Labute approximate surface area is 165 Å². The van der Waals surface area contributed by atoms with Gasteiger partial charge in [0.25, 0.3) is 0 Å². The van der Waals surface area contributed by atoms with Gasteiger partial charge in [-0.3, -0.25) is 14.4 Å². The van der Waals surface area contributed by atoms with Crippen molar-refractivity contribution in [3.63, 3.8) is 0 Å². The maximum absolute atomic E-state index is 12.4. The number of nitrogens with zero attached hydrogens (tertiary/aromatic N) is 1. The van der Waals surface area contributed by atoms with Crippen molar-refractivity contribution in [1.29, 1.82) is 0 Å². The zero-order chi connectivity index (χ0) is 20.8. The molecule has 0 aliphatic heterocycles. The first-order chi connectivity index (χ1) is 13.2. The van der Waals surface area contributed by atoms with Crippen LogP contribution in [0.4, 0.5) is 17.1 Å². The van der Waals surface area contributed by atoms with E-state index in [1.807, 2.05) is 32.9 Å². The lowest BCUT2D eigenvalue weighted by Crippen LogP contribution is -2.32. The average molecular weight is 381 g/mol. The average Bonchev–Trinajstić information content (AvgIpc) is 2.59. The first kappa shape index (κ1) is 21.2. The topological polar surface area (TPSA) is 78.5 Å². The molecule has 2 N–H and O–H groups in total. The SMILES string of the molecule is CC(=O)Nc1ccc(N(CCC(=O)Nc2c(C)cc(C)cc2C)C(C)=O)cc1. The quantitative estimate of drug-likeness (QED) is 0.795. The van der Waals surface area contributed by atoms with E-state index < -0.39 is 0 Å². The number of hydrogen-bond donors (Lipinski definition) is 2. The first-order valence-electron chi connectivity index (χ1n) is 9.21. The zero-order valence-electron chi connectivity index (χ0n) is 17.1. The Kier molecular flexibility index (Phi) is 6.93. The van der Waals surface area contributed by atoms with Gasteiger partial charge in [0.05, 0.1) is 0 Å². The van der Waals surface area contributed by atoms with Crippen molar-refractivity contribution < 1.29 is 14.4 Å². The summed E-state index contributed by atoms with van der Waals surface area (Å²) in [5.41, 5.74) is 5.34. The molecule has 0 aromatic heterocycles. The minimum absolute atomic E-state index is 0.142. The van der Waals surface area contributed by atoms with Crippen LogP contribution in [-0.2, 0) is 14.4 Å². The molecule has 0 atom stereocenters. The summed E-state index contributed by atoms with van der Waals surface area (Å²) in [6.07, 6.45) is 0.180. The Bertz CT molecular complexity index is 865. The molecular weight excluding hydrogens is 354 g/mol. The van der Waals surface area contributed by atoms with Crippen molar-refractivity contribution in [3.05, 3.63) is 53.1 Å². The predicted molar refractivity (Wildman–Crippen MR) is 113 cm³/mol. The molecule has 2 aromatic rings. The Balaban J connectivity index is 2.04. The lowest BCUT2D eigenvalue weighted by Gasteiger charge is -2.21. The maximum atomic E-state index is 12.4. The number of carbonyl (C=O) groups excluding carboxylic acids is 3. The second kappa shape index (κ2) is 9.17. The molecule has 148 valence electrons. The number of nitrogens with one attached hydrogen (secondary N) is 2. The molecule has 0 heterocycles. The smallest absolute Gasteiger partial charge is 0.226 e. The van der Waals surface area contributed by atoms with Crippen molar-refractivity contribution in [2.24, 2.45) is 0 Å². The van der Waals surface area contributed by atoms with Gasteiger partial charge in [-0.1, -0.05) is 17.7 Å². The molecule has 0 radical (unpaired) electrons. The Morgan fingerprint density at radius 3 is 1.96 bits per heavy atom. The minimum Gasteiger partial charge on any atom is -0.326 e. The number of aryl methyl sites for hydroxylation is 3. The van der Waals surface area contributed by atoms with Crippen LogP contribution in [0.2, 0.25) is 0 Å². The summed E-state index contributed by atoms with van der Waals surface area (Å²) in [4.78, 5) is 37.1. The fourth-order valence-corrected chi connectivity index (χ4v) is 3.19. The second-order valence-corrected chi connectivity index (χ2v) is 6.97. The van der Waals surface area contributed by atoms with Crippen molar-refractivity contribution >= 4 is 34.8 Å². The monoisotopic (exact) mass is 381 g/mol. The van der Waals surface area contributed by atoms with Crippen molar-refractivity contribution in [2.45, 2.75) is 41.0 Å². The standard InChI is InChI=1S/C22H27N3O3/c1-14-12-15(2)22(16(3)13-14)24-21(28)10-11-25(18(5)27)20-8-6-19(7-9-20)23-17(4)26/h6-9,12-13H,10-11H2,1-5H3,(H,23,26)(H,24,28). The molecule has 0 saturated carbocycles. The molecule has 0 spiro atoms. The summed E-state index contributed by atoms with van der Waals surface area (Å²) in [5, 5.41) is 5.64. The van der Waals surface area contributed by atoms with E-state index in [0.29, 0.717) is 11.4 Å². The van der Waals surface area contributed by atoms with Gasteiger partial charge in [-0.15, -0.1) is 0 Å². The van der Waals surface area contributed by atoms with Crippen LogP contribution in [0, 0.1) is 20.8 Å². The number of anilines is 3. The van der Waals surface area contributed by atoms with E-state index >= 15 is 0 Å². The van der Waals surface area contributed by atoms with E-state index in [2.05, 4.69) is 10.6 Å². The number of hydrogen-bond acceptors (Lipinski definition) is 3. The number of amides is 3. The molecule has 0 bridgehead atoms. The molecule has 0 aliphatic carbocycles.